The second-order valence-electron chi connectivity index (χ2n) is 4.90. The Morgan fingerprint density at radius 2 is 1.90 bits per heavy atom. The molecule has 0 amide bonds. The first kappa shape index (κ1) is 15.6. The lowest BCUT2D eigenvalue weighted by molar-refractivity contribution is 0.823. The summed E-state index contributed by atoms with van der Waals surface area (Å²) in [6.07, 6.45) is 3.09. The fraction of sp³-hybridized carbons (Fsp3) is 0.278. The molecule has 3 heteroatoms. The Bertz CT molecular complexity index is 593. The molecule has 2 aromatic rings. The molecule has 0 heterocycles. The molecule has 0 aliphatic rings. The van der Waals surface area contributed by atoms with Gasteiger partial charge in [0.25, 0.3) is 0 Å². The van der Waals surface area contributed by atoms with Crippen molar-refractivity contribution in [2.75, 3.05) is 11.6 Å². The van der Waals surface area contributed by atoms with Crippen LogP contribution in [-0.4, -0.2) is 11.4 Å². The van der Waals surface area contributed by atoms with E-state index in [-0.39, 0.29) is 6.04 Å². The van der Waals surface area contributed by atoms with E-state index in [2.05, 4.69) is 67.7 Å². The van der Waals surface area contributed by atoms with Crippen LogP contribution in [0.1, 0.15) is 31.0 Å². The summed E-state index contributed by atoms with van der Waals surface area (Å²) in [5.74, 6) is 0. The van der Waals surface area contributed by atoms with E-state index in [1.807, 2.05) is 12.3 Å². The smallest absolute Gasteiger partial charge is 0.161 e. The minimum Gasteiger partial charge on any atom is -0.335 e. The summed E-state index contributed by atoms with van der Waals surface area (Å²) in [5, 5.41) is 4.36. The van der Waals surface area contributed by atoms with Crippen LogP contribution in [0, 0.1) is 0 Å². The van der Waals surface area contributed by atoms with E-state index in [4.69, 9.17) is 4.99 Å². The third-order valence-electron chi connectivity index (χ3n) is 3.37. The minimum atomic E-state index is 0.149. The zero-order valence-electron chi connectivity index (χ0n) is 12.8. The van der Waals surface area contributed by atoms with Crippen LogP contribution < -0.4 is 5.32 Å². The van der Waals surface area contributed by atoms with Gasteiger partial charge in [0.1, 0.15) is 0 Å². The van der Waals surface area contributed by atoms with Gasteiger partial charge in [-0.1, -0.05) is 61.2 Å². The third-order valence-corrected chi connectivity index (χ3v) is 3.97. The van der Waals surface area contributed by atoms with Crippen molar-refractivity contribution in [3.8, 4) is 0 Å². The molecular formula is C18H22N2S. The molecule has 110 valence electrons. The van der Waals surface area contributed by atoms with Gasteiger partial charge < -0.3 is 5.32 Å². The van der Waals surface area contributed by atoms with Gasteiger partial charge in [0.05, 0.1) is 6.04 Å². The zero-order chi connectivity index (χ0) is 15.1. The molecule has 0 saturated heterocycles. The van der Waals surface area contributed by atoms with Crippen molar-refractivity contribution in [2.45, 2.75) is 26.3 Å². The fourth-order valence-electron chi connectivity index (χ4n) is 2.11. The van der Waals surface area contributed by atoms with Crippen LogP contribution in [0.4, 0.5) is 5.69 Å². The summed E-state index contributed by atoms with van der Waals surface area (Å²) >= 11 is 1.64. The Labute approximate surface area is 131 Å². The van der Waals surface area contributed by atoms with Crippen LogP contribution in [-0.2, 0) is 6.42 Å². The van der Waals surface area contributed by atoms with E-state index in [0.29, 0.717) is 0 Å². The van der Waals surface area contributed by atoms with Crippen molar-refractivity contribution in [1.82, 2.24) is 0 Å². The van der Waals surface area contributed by atoms with E-state index in [1.54, 1.807) is 11.8 Å². The van der Waals surface area contributed by atoms with E-state index >= 15 is 0 Å². The number of anilines is 1. The normalized spacial score (nSPS) is 13.0. The highest BCUT2D eigenvalue weighted by Gasteiger charge is 2.05. The predicted molar refractivity (Wildman–Crippen MR) is 95.2 cm³/mol. The number of thioether (sulfide) groups is 1. The summed E-state index contributed by atoms with van der Waals surface area (Å²) in [6.45, 7) is 4.29. The Balaban J connectivity index is 2.13. The molecule has 0 unspecified atom stereocenters. The molecule has 1 atom stereocenters. The molecule has 0 aliphatic heterocycles. The average Bonchev–Trinajstić information content (AvgIpc) is 2.55. The number of hydrogen-bond acceptors (Lipinski definition) is 2. The Morgan fingerprint density at radius 3 is 2.57 bits per heavy atom. The standard InChI is InChI=1S/C18H22N2S/c1-4-15-9-8-12-17(13-15)20-18(21-3)19-14(2)16-10-6-5-7-11-16/h5-14H,4H2,1-3H3,(H,19,20)/t14-/m0/s1. The summed E-state index contributed by atoms with van der Waals surface area (Å²) < 4.78 is 0. The van der Waals surface area contributed by atoms with Crippen molar-refractivity contribution >= 4 is 22.6 Å². The molecule has 0 saturated carbocycles. The van der Waals surface area contributed by atoms with Crippen molar-refractivity contribution in [3.63, 3.8) is 0 Å². The molecule has 2 aromatic carbocycles. The first-order chi connectivity index (χ1) is 10.2. The number of rotatable bonds is 4. The minimum absolute atomic E-state index is 0.149. The zero-order valence-corrected chi connectivity index (χ0v) is 13.7. The molecule has 0 radical (unpaired) electrons. The van der Waals surface area contributed by atoms with Crippen molar-refractivity contribution in [2.24, 2.45) is 4.99 Å². The summed E-state index contributed by atoms with van der Waals surface area (Å²) in [4.78, 5) is 4.78. The number of aryl methyl sites for hydroxylation is 1. The lowest BCUT2D eigenvalue weighted by Crippen LogP contribution is -2.09. The van der Waals surface area contributed by atoms with Crippen LogP contribution in [0.25, 0.3) is 0 Å². The largest absolute Gasteiger partial charge is 0.335 e. The van der Waals surface area contributed by atoms with Gasteiger partial charge in [-0.05, 0) is 42.9 Å². The lowest BCUT2D eigenvalue weighted by Gasteiger charge is -2.12. The number of nitrogens with one attached hydrogen (secondary N) is 1. The first-order valence-electron chi connectivity index (χ1n) is 7.25. The maximum atomic E-state index is 4.78. The molecule has 0 aromatic heterocycles. The number of hydrogen-bond donors (Lipinski definition) is 1. The van der Waals surface area contributed by atoms with Crippen LogP contribution in [0.3, 0.4) is 0 Å². The monoisotopic (exact) mass is 298 g/mol. The maximum Gasteiger partial charge on any atom is 0.161 e. The summed E-state index contributed by atoms with van der Waals surface area (Å²) in [7, 11) is 0. The second kappa shape index (κ2) is 7.89. The SMILES string of the molecule is CCc1cccc(NC(=N[C@@H](C)c2ccccc2)SC)c1. The summed E-state index contributed by atoms with van der Waals surface area (Å²) in [5.41, 5.74) is 3.66. The Kier molecular flexibility index (Phi) is 5.88. The van der Waals surface area contributed by atoms with Gasteiger partial charge in [-0.25, -0.2) is 0 Å². The summed E-state index contributed by atoms with van der Waals surface area (Å²) in [6, 6.07) is 19.0. The highest BCUT2D eigenvalue weighted by Crippen LogP contribution is 2.19. The van der Waals surface area contributed by atoms with Crippen LogP contribution in [0.15, 0.2) is 59.6 Å². The van der Waals surface area contributed by atoms with Crippen LogP contribution >= 0.6 is 11.8 Å². The van der Waals surface area contributed by atoms with Gasteiger partial charge >= 0.3 is 0 Å². The highest BCUT2D eigenvalue weighted by atomic mass is 32.2. The average molecular weight is 298 g/mol. The highest BCUT2D eigenvalue weighted by molar-refractivity contribution is 8.13. The number of aliphatic imine (C=N–C) groups is 1. The van der Waals surface area contributed by atoms with E-state index in [0.717, 1.165) is 17.3 Å². The molecular weight excluding hydrogens is 276 g/mol. The first-order valence-corrected chi connectivity index (χ1v) is 8.48. The van der Waals surface area contributed by atoms with Gasteiger partial charge in [-0.2, -0.15) is 0 Å². The van der Waals surface area contributed by atoms with Gasteiger partial charge in [-0.3, -0.25) is 4.99 Å². The van der Waals surface area contributed by atoms with Gasteiger partial charge in [0.15, 0.2) is 5.17 Å². The lowest BCUT2D eigenvalue weighted by atomic mass is 10.1. The molecule has 2 nitrogen and oxygen atoms in total. The van der Waals surface area contributed by atoms with Crippen molar-refractivity contribution < 1.29 is 0 Å². The van der Waals surface area contributed by atoms with E-state index in [9.17, 15) is 0 Å². The molecule has 2 rings (SSSR count). The van der Waals surface area contributed by atoms with Gasteiger partial charge in [-0.15, -0.1) is 0 Å². The Morgan fingerprint density at radius 1 is 1.14 bits per heavy atom. The Hall–Kier alpha value is -1.74. The van der Waals surface area contributed by atoms with Gasteiger partial charge in [0, 0.05) is 5.69 Å². The van der Waals surface area contributed by atoms with Gasteiger partial charge in [0.2, 0.25) is 0 Å². The fourth-order valence-corrected chi connectivity index (χ4v) is 2.59. The molecule has 21 heavy (non-hydrogen) atoms. The molecule has 0 fully saturated rings. The van der Waals surface area contributed by atoms with Crippen molar-refractivity contribution in [3.05, 3.63) is 65.7 Å². The predicted octanol–water partition coefficient (Wildman–Crippen LogP) is 5.14. The molecule has 0 aliphatic carbocycles. The maximum absolute atomic E-state index is 4.78. The number of benzene rings is 2. The molecule has 0 bridgehead atoms. The van der Waals surface area contributed by atoms with E-state index < -0.39 is 0 Å². The quantitative estimate of drug-likeness (QED) is 0.624. The van der Waals surface area contributed by atoms with Crippen LogP contribution in [0.5, 0.6) is 0 Å². The second-order valence-corrected chi connectivity index (χ2v) is 5.70. The molecule has 0 spiro atoms. The molecule has 1 N–H and O–H groups in total. The van der Waals surface area contributed by atoms with Crippen molar-refractivity contribution in [1.29, 1.82) is 0 Å². The topological polar surface area (TPSA) is 24.4 Å². The number of amidine groups is 1. The third kappa shape index (κ3) is 4.64. The number of nitrogens with zero attached hydrogens (tertiary/aromatic N) is 1. The van der Waals surface area contributed by atoms with Crippen LogP contribution in [0.2, 0.25) is 0 Å². The van der Waals surface area contributed by atoms with E-state index in [1.165, 1.54) is 11.1 Å².